The predicted octanol–water partition coefficient (Wildman–Crippen LogP) is 1.62. The normalized spacial score (nSPS) is 9.96. The Labute approximate surface area is 150 Å². The number of hydrogen-bond acceptors (Lipinski definition) is 3. The molecule has 0 spiro atoms. The Morgan fingerprint density at radius 1 is 0.760 bits per heavy atom. The minimum Gasteiger partial charge on any atom is -0.353 e. The summed E-state index contributed by atoms with van der Waals surface area (Å²) in [7, 11) is 0. The first-order valence-electron chi connectivity index (χ1n) is 7.70. The molecule has 3 amide bonds. The smallest absolute Gasteiger partial charge is 0.253 e. The van der Waals surface area contributed by atoms with Gasteiger partial charge in [0.1, 0.15) is 0 Å². The van der Waals surface area contributed by atoms with E-state index in [1.54, 1.807) is 48.5 Å². The van der Waals surface area contributed by atoms with Crippen LogP contribution in [-0.4, -0.2) is 37.4 Å². The summed E-state index contributed by atoms with van der Waals surface area (Å²) in [5.41, 5.74) is 0.868. The van der Waals surface area contributed by atoms with E-state index in [9.17, 15) is 14.4 Å². The van der Waals surface area contributed by atoms with Crippen LogP contribution < -0.4 is 16.0 Å². The van der Waals surface area contributed by atoms with Crippen LogP contribution in [0.4, 0.5) is 0 Å². The Hall–Kier alpha value is -2.86. The summed E-state index contributed by atoms with van der Waals surface area (Å²) in [6, 6.07) is 15.4. The van der Waals surface area contributed by atoms with Crippen molar-refractivity contribution in [3.63, 3.8) is 0 Å². The average molecular weight is 360 g/mol. The number of amides is 3. The number of rotatable bonds is 7. The predicted molar refractivity (Wildman–Crippen MR) is 95.6 cm³/mol. The fraction of sp³-hybridized carbons (Fsp3) is 0.167. The second-order valence-corrected chi connectivity index (χ2v) is 5.54. The van der Waals surface area contributed by atoms with Gasteiger partial charge in [0.25, 0.3) is 11.8 Å². The van der Waals surface area contributed by atoms with Crippen LogP contribution in [0.25, 0.3) is 0 Å². The molecule has 0 bridgehead atoms. The lowest BCUT2D eigenvalue weighted by Crippen LogP contribution is -2.40. The zero-order valence-electron chi connectivity index (χ0n) is 13.4. The molecule has 0 saturated carbocycles. The van der Waals surface area contributed by atoms with Crippen molar-refractivity contribution in [2.75, 3.05) is 19.6 Å². The molecule has 0 aliphatic rings. The van der Waals surface area contributed by atoms with Gasteiger partial charge in [0.2, 0.25) is 5.91 Å². The van der Waals surface area contributed by atoms with Gasteiger partial charge in [0, 0.05) is 18.7 Å². The molecule has 0 heterocycles. The molecular weight excluding hydrogens is 342 g/mol. The second kappa shape index (κ2) is 9.44. The van der Waals surface area contributed by atoms with E-state index >= 15 is 0 Å². The summed E-state index contributed by atoms with van der Waals surface area (Å²) < 4.78 is 0. The Kier molecular flexibility index (Phi) is 6.98. The van der Waals surface area contributed by atoms with Crippen molar-refractivity contribution in [1.82, 2.24) is 16.0 Å². The molecule has 0 atom stereocenters. The number of benzene rings is 2. The van der Waals surface area contributed by atoms with E-state index in [0.29, 0.717) is 16.1 Å². The second-order valence-electron chi connectivity index (χ2n) is 5.13. The van der Waals surface area contributed by atoms with Gasteiger partial charge in [-0.15, -0.1) is 0 Å². The molecule has 0 aliphatic carbocycles. The van der Waals surface area contributed by atoms with Crippen molar-refractivity contribution in [2.45, 2.75) is 0 Å². The van der Waals surface area contributed by atoms with Gasteiger partial charge < -0.3 is 16.0 Å². The third-order valence-electron chi connectivity index (χ3n) is 3.30. The van der Waals surface area contributed by atoms with E-state index in [1.165, 1.54) is 0 Å². The summed E-state index contributed by atoms with van der Waals surface area (Å²) in [4.78, 5) is 35.4. The van der Waals surface area contributed by atoms with Crippen LogP contribution >= 0.6 is 11.6 Å². The molecule has 3 N–H and O–H groups in total. The molecule has 2 aromatic rings. The monoisotopic (exact) mass is 359 g/mol. The van der Waals surface area contributed by atoms with Crippen LogP contribution in [0.15, 0.2) is 54.6 Å². The first-order chi connectivity index (χ1) is 12.1. The van der Waals surface area contributed by atoms with Gasteiger partial charge in [-0.05, 0) is 24.3 Å². The first kappa shape index (κ1) is 18.5. The highest BCUT2D eigenvalue weighted by Crippen LogP contribution is 2.14. The standard InChI is InChI=1S/C18H18ClN3O3/c19-15-9-5-4-8-14(15)18(25)22-12-16(23)20-10-11-21-17(24)13-6-2-1-3-7-13/h1-9H,10-12H2,(H,20,23)(H,21,24)(H,22,25). The van der Waals surface area contributed by atoms with E-state index in [2.05, 4.69) is 16.0 Å². The zero-order valence-corrected chi connectivity index (χ0v) is 14.2. The van der Waals surface area contributed by atoms with Crippen molar-refractivity contribution < 1.29 is 14.4 Å². The minimum absolute atomic E-state index is 0.170. The molecule has 0 fully saturated rings. The van der Waals surface area contributed by atoms with Crippen molar-refractivity contribution in [3.8, 4) is 0 Å². The first-order valence-corrected chi connectivity index (χ1v) is 8.08. The zero-order chi connectivity index (χ0) is 18.1. The van der Waals surface area contributed by atoms with E-state index in [1.807, 2.05) is 6.07 Å². The molecule has 0 aliphatic heterocycles. The lowest BCUT2D eigenvalue weighted by Gasteiger charge is -2.09. The average Bonchev–Trinajstić information content (AvgIpc) is 2.64. The molecule has 130 valence electrons. The number of halogens is 1. The molecule has 7 heteroatoms. The van der Waals surface area contributed by atoms with Gasteiger partial charge in [-0.1, -0.05) is 41.9 Å². The fourth-order valence-electron chi connectivity index (χ4n) is 2.03. The third-order valence-corrected chi connectivity index (χ3v) is 3.63. The van der Waals surface area contributed by atoms with Gasteiger partial charge in [0.15, 0.2) is 0 Å². The van der Waals surface area contributed by atoms with Crippen molar-refractivity contribution in [1.29, 1.82) is 0 Å². The van der Waals surface area contributed by atoms with E-state index in [0.717, 1.165) is 0 Å². The van der Waals surface area contributed by atoms with E-state index in [-0.39, 0.29) is 31.4 Å². The quantitative estimate of drug-likeness (QED) is 0.656. The summed E-state index contributed by atoms with van der Waals surface area (Å²) in [5, 5.41) is 8.12. The molecule has 25 heavy (non-hydrogen) atoms. The van der Waals surface area contributed by atoms with Crippen LogP contribution in [0.2, 0.25) is 5.02 Å². The van der Waals surface area contributed by atoms with Crippen LogP contribution in [0, 0.1) is 0 Å². The maximum Gasteiger partial charge on any atom is 0.253 e. The summed E-state index contributed by atoms with van der Waals surface area (Å²) in [6.07, 6.45) is 0. The SMILES string of the molecule is O=C(CNC(=O)c1ccccc1Cl)NCCNC(=O)c1ccccc1. The van der Waals surface area contributed by atoms with Crippen LogP contribution in [0.5, 0.6) is 0 Å². The van der Waals surface area contributed by atoms with Gasteiger partial charge >= 0.3 is 0 Å². The lowest BCUT2D eigenvalue weighted by molar-refractivity contribution is -0.120. The van der Waals surface area contributed by atoms with Crippen LogP contribution in [-0.2, 0) is 4.79 Å². The summed E-state index contributed by atoms with van der Waals surface area (Å²) in [5.74, 6) is -0.977. The molecule has 0 aromatic heterocycles. The van der Waals surface area contributed by atoms with E-state index < -0.39 is 5.91 Å². The number of hydrogen-bond donors (Lipinski definition) is 3. The Morgan fingerprint density at radius 2 is 1.40 bits per heavy atom. The highest BCUT2D eigenvalue weighted by molar-refractivity contribution is 6.33. The number of carbonyl (C=O) groups excluding carboxylic acids is 3. The molecule has 6 nitrogen and oxygen atoms in total. The van der Waals surface area contributed by atoms with Crippen molar-refractivity contribution in [2.24, 2.45) is 0 Å². The molecule has 0 unspecified atom stereocenters. The number of nitrogens with one attached hydrogen (secondary N) is 3. The molecule has 2 aromatic carbocycles. The van der Waals surface area contributed by atoms with Crippen LogP contribution in [0.3, 0.4) is 0 Å². The van der Waals surface area contributed by atoms with E-state index in [4.69, 9.17) is 11.6 Å². The highest BCUT2D eigenvalue weighted by atomic mass is 35.5. The molecule has 0 radical (unpaired) electrons. The van der Waals surface area contributed by atoms with Crippen molar-refractivity contribution >= 4 is 29.3 Å². The van der Waals surface area contributed by atoms with Crippen molar-refractivity contribution in [3.05, 3.63) is 70.7 Å². The Morgan fingerprint density at radius 3 is 2.12 bits per heavy atom. The number of carbonyl (C=O) groups is 3. The fourth-order valence-corrected chi connectivity index (χ4v) is 2.25. The maximum absolute atomic E-state index is 11.9. The van der Waals surface area contributed by atoms with Gasteiger partial charge in [0.05, 0.1) is 17.1 Å². The highest BCUT2D eigenvalue weighted by Gasteiger charge is 2.10. The molecule has 0 saturated heterocycles. The maximum atomic E-state index is 11.9. The Balaban J connectivity index is 1.65. The largest absolute Gasteiger partial charge is 0.353 e. The minimum atomic E-state index is -0.418. The lowest BCUT2D eigenvalue weighted by atomic mass is 10.2. The summed E-state index contributed by atoms with van der Waals surface area (Å²) >= 11 is 5.92. The van der Waals surface area contributed by atoms with Gasteiger partial charge in [-0.2, -0.15) is 0 Å². The topological polar surface area (TPSA) is 87.3 Å². The summed E-state index contributed by atoms with van der Waals surface area (Å²) in [6.45, 7) is 0.383. The van der Waals surface area contributed by atoms with Gasteiger partial charge in [-0.3, -0.25) is 14.4 Å². The molecule has 2 rings (SSSR count). The van der Waals surface area contributed by atoms with Gasteiger partial charge in [-0.25, -0.2) is 0 Å². The van der Waals surface area contributed by atoms with Crippen LogP contribution in [0.1, 0.15) is 20.7 Å². The Bertz CT molecular complexity index is 750. The third kappa shape index (κ3) is 5.93. The molecular formula is C18H18ClN3O3.